The van der Waals surface area contributed by atoms with Gasteiger partial charge < -0.3 is 0 Å². The van der Waals surface area contributed by atoms with E-state index in [0.717, 1.165) is 30.3 Å². The molecular weight excluding hydrogens is 238 g/mol. The van der Waals surface area contributed by atoms with Crippen molar-refractivity contribution in [1.82, 2.24) is 15.0 Å². The predicted octanol–water partition coefficient (Wildman–Crippen LogP) is 2.68. The minimum Gasteiger partial charge on any atom is -0.299 e. The molecule has 2 aromatic rings. The van der Waals surface area contributed by atoms with Crippen LogP contribution in [0.3, 0.4) is 0 Å². The first-order valence-electron chi connectivity index (χ1n) is 7.18. The molecule has 1 heterocycles. The largest absolute Gasteiger partial charge is 0.299 e. The topological polar surface area (TPSA) is 47.8 Å². The van der Waals surface area contributed by atoms with Crippen LogP contribution in [0, 0.1) is 5.92 Å². The second-order valence-electron chi connectivity index (χ2n) is 5.83. The Morgan fingerprint density at radius 3 is 2.84 bits per heavy atom. The molecule has 0 bridgehead atoms. The molecule has 2 fully saturated rings. The van der Waals surface area contributed by atoms with Gasteiger partial charge in [0.1, 0.15) is 11.3 Å². The minimum atomic E-state index is 0.377. The molecule has 19 heavy (non-hydrogen) atoms. The van der Waals surface area contributed by atoms with Crippen molar-refractivity contribution >= 4 is 16.8 Å². The summed E-state index contributed by atoms with van der Waals surface area (Å²) >= 11 is 0. The molecule has 4 heteroatoms. The summed E-state index contributed by atoms with van der Waals surface area (Å²) in [6.07, 6.45) is 6.17. The zero-order valence-corrected chi connectivity index (χ0v) is 10.9. The van der Waals surface area contributed by atoms with E-state index in [1.807, 2.05) is 10.7 Å². The number of Topliss-reactive ketones (excluding diaryl/α,β-unsaturated/α-hetero) is 1. The van der Waals surface area contributed by atoms with Gasteiger partial charge in [0.15, 0.2) is 0 Å². The highest BCUT2D eigenvalue weighted by Crippen LogP contribution is 2.36. The molecule has 1 aromatic carbocycles. The molecule has 4 rings (SSSR count). The normalized spacial score (nSPS) is 18.9. The van der Waals surface area contributed by atoms with Crippen molar-refractivity contribution in [2.75, 3.05) is 0 Å². The summed E-state index contributed by atoms with van der Waals surface area (Å²) in [5.74, 6) is 0.816. The zero-order chi connectivity index (χ0) is 12.8. The van der Waals surface area contributed by atoms with Crippen molar-refractivity contribution in [3.05, 3.63) is 23.8 Å². The number of carbonyl (C=O) groups excluding carboxylic acids is 1. The molecule has 4 nitrogen and oxygen atoms in total. The molecular formula is C15H17N3O. The van der Waals surface area contributed by atoms with Gasteiger partial charge in [-0.3, -0.25) is 4.79 Å². The van der Waals surface area contributed by atoms with E-state index in [9.17, 15) is 4.79 Å². The Morgan fingerprint density at radius 1 is 1.26 bits per heavy atom. The van der Waals surface area contributed by atoms with Gasteiger partial charge in [-0.1, -0.05) is 11.3 Å². The third-order valence-electron chi connectivity index (χ3n) is 4.12. The number of rotatable bonds is 5. The second-order valence-corrected chi connectivity index (χ2v) is 5.83. The molecule has 2 aliphatic rings. The number of carbonyl (C=O) groups is 1. The standard InChI is InChI=1S/C15H17N3O/c19-15(11-3-4-11)8-2-10-1-7-13-14(9-10)18(17-16-13)12-5-6-12/h1,7,9,11-12H,2-6,8H2. The predicted molar refractivity (Wildman–Crippen MR) is 71.9 cm³/mol. The highest BCUT2D eigenvalue weighted by Gasteiger charge is 2.29. The van der Waals surface area contributed by atoms with Crippen molar-refractivity contribution in [3.8, 4) is 0 Å². The fraction of sp³-hybridized carbons (Fsp3) is 0.533. The first-order chi connectivity index (χ1) is 9.31. The van der Waals surface area contributed by atoms with Crippen LogP contribution in [0.4, 0.5) is 0 Å². The molecule has 0 amide bonds. The monoisotopic (exact) mass is 255 g/mol. The lowest BCUT2D eigenvalue weighted by molar-refractivity contribution is -0.120. The molecule has 0 saturated heterocycles. The third-order valence-corrected chi connectivity index (χ3v) is 4.12. The van der Waals surface area contributed by atoms with Crippen molar-refractivity contribution in [2.24, 2.45) is 5.92 Å². The Morgan fingerprint density at radius 2 is 2.11 bits per heavy atom. The van der Waals surface area contributed by atoms with Crippen LogP contribution in [0.25, 0.3) is 11.0 Å². The zero-order valence-electron chi connectivity index (χ0n) is 10.9. The number of fused-ring (bicyclic) bond motifs is 1. The summed E-state index contributed by atoms with van der Waals surface area (Å²) in [4.78, 5) is 11.7. The number of hydrogen-bond acceptors (Lipinski definition) is 3. The van der Waals surface area contributed by atoms with Crippen LogP contribution in [0.2, 0.25) is 0 Å². The molecule has 2 saturated carbocycles. The van der Waals surface area contributed by atoms with E-state index in [2.05, 4.69) is 22.4 Å². The van der Waals surface area contributed by atoms with E-state index < -0.39 is 0 Å². The van der Waals surface area contributed by atoms with Gasteiger partial charge in [0.05, 0.1) is 11.6 Å². The first kappa shape index (κ1) is 11.1. The Kier molecular flexibility index (Phi) is 2.43. The maximum absolute atomic E-state index is 11.7. The van der Waals surface area contributed by atoms with Gasteiger partial charge >= 0.3 is 0 Å². The molecule has 0 radical (unpaired) electrons. The average Bonchev–Trinajstić information content (AvgIpc) is 3.32. The molecule has 98 valence electrons. The Labute approximate surface area is 111 Å². The smallest absolute Gasteiger partial charge is 0.136 e. The number of benzene rings is 1. The van der Waals surface area contributed by atoms with Crippen molar-refractivity contribution in [1.29, 1.82) is 0 Å². The summed E-state index contributed by atoms with van der Waals surface area (Å²) in [7, 11) is 0. The summed E-state index contributed by atoms with van der Waals surface area (Å²) in [6.45, 7) is 0. The van der Waals surface area contributed by atoms with E-state index in [1.165, 1.54) is 18.4 Å². The highest BCUT2D eigenvalue weighted by atomic mass is 16.1. The van der Waals surface area contributed by atoms with E-state index >= 15 is 0 Å². The fourth-order valence-corrected chi connectivity index (χ4v) is 2.60. The van der Waals surface area contributed by atoms with Crippen molar-refractivity contribution in [2.45, 2.75) is 44.6 Å². The van der Waals surface area contributed by atoms with Crippen molar-refractivity contribution in [3.63, 3.8) is 0 Å². The van der Waals surface area contributed by atoms with E-state index in [0.29, 0.717) is 24.2 Å². The van der Waals surface area contributed by atoms with E-state index in [-0.39, 0.29) is 0 Å². The highest BCUT2D eigenvalue weighted by molar-refractivity contribution is 5.83. The molecule has 0 N–H and O–H groups in total. The number of nitrogens with zero attached hydrogens (tertiary/aromatic N) is 3. The van der Waals surface area contributed by atoms with Crippen LogP contribution >= 0.6 is 0 Å². The lowest BCUT2D eigenvalue weighted by Crippen LogP contribution is -2.02. The van der Waals surface area contributed by atoms with Crippen molar-refractivity contribution < 1.29 is 4.79 Å². The number of ketones is 1. The van der Waals surface area contributed by atoms with Gasteiger partial charge in [-0.15, -0.1) is 5.10 Å². The van der Waals surface area contributed by atoms with Gasteiger partial charge in [0, 0.05) is 12.3 Å². The van der Waals surface area contributed by atoms with Gasteiger partial charge in [0.2, 0.25) is 0 Å². The first-order valence-corrected chi connectivity index (χ1v) is 7.18. The fourth-order valence-electron chi connectivity index (χ4n) is 2.60. The summed E-state index contributed by atoms with van der Waals surface area (Å²) < 4.78 is 2.04. The molecule has 2 aliphatic carbocycles. The summed E-state index contributed by atoms with van der Waals surface area (Å²) in [5.41, 5.74) is 3.31. The third kappa shape index (κ3) is 2.15. The molecule has 0 unspecified atom stereocenters. The van der Waals surface area contributed by atoms with E-state index in [1.54, 1.807) is 0 Å². The van der Waals surface area contributed by atoms with Gasteiger partial charge in [-0.05, 0) is 49.8 Å². The number of hydrogen-bond donors (Lipinski definition) is 0. The summed E-state index contributed by atoms with van der Waals surface area (Å²) in [6, 6.07) is 6.81. The molecule has 0 aliphatic heterocycles. The SMILES string of the molecule is O=C(CCc1ccc2nnn(C3CC3)c2c1)C1CC1. The summed E-state index contributed by atoms with van der Waals surface area (Å²) in [5, 5.41) is 8.43. The maximum atomic E-state index is 11.7. The molecule has 1 aromatic heterocycles. The van der Waals surface area contributed by atoms with Gasteiger partial charge in [-0.25, -0.2) is 4.68 Å². The Balaban J connectivity index is 1.55. The van der Waals surface area contributed by atoms with Crippen LogP contribution in [0.15, 0.2) is 18.2 Å². The molecule has 0 atom stereocenters. The lowest BCUT2D eigenvalue weighted by Gasteiger charge is -2.03. The van der Waals surface area contributed by atoms with Crippen LogP contribution in [0.5, 0.6) is 0 Å². The minimum absolute atomic E-state index is 0.377. The van der Waals surface area contributed by atoms with E-state index in [4.69, 9.17) is 0 Å². The quantitative estimate of drug-likeness (QED) is 0.825. The maximum Gasteiger partial charge on any atom is 0.136 e. The van der Waals surface area contributed by atoms with Gasteiger partial charge in [-0.2, -0.15) is 0 Å². The van der Waals surface area contributed by atoms with Crippen LogP contribution in [0.1, 0.15) is 43.7 Å². The number of aromatic nitrogens is 3. The van der Waals surface area contributed by atoms with Gasteiger partial charge in [0.25, 0.3) is 0 Å². The Bertz CT molecular complexity index is 638. The van der Waals surface area contributed by atoms with Crippen LogP contribution < -0.4 is 0 Å². The Hall–Kier alpha value is -1.71. The lowest BCUT2D eigenvalue weighted by atomic mass is 10.0. The second kappa shape index (κ2) is 4.15. The van der Waals surface area contributed by atoms with Crippen LogP contribution in [-0.2, 0) is 11.2 Å². The molecule has 0 spiro atoms. The van der Waals surface area contributed by atoms with Crippen LogP contribution in [-0.4, -0.2) is 20.8 Å². The number of aryl methyl sites for hydroxylation is 1. The average molecular weight is 255 g/mol.